The first kappa shape index (κ1) is 30.3. The van der Waals surface area contributed by atoms with Crippen LogP contribution in [0.2, 0.25) is 0 Å². The van der Waals surface area contributed by atoms with Crippen molar-refractivity contribution in [2.24, 2.45) is 0 Å². The summed E-state index contributed by atoms with van der Waals surface area (Å²) in [5.74, 6) is -2.33. The molecule has 0 radical (unpaired) electrons. The summed E-state index contributed by atoms with van der Waals surface area (Å²) in [7, 11) is 3.31. The number of amides is 2. The molecule has 0 unspecified atom stereocenters. The minimum atomic E-state index is -4.74. The number of hydrogen-bond acceptors (Lipinski definition) is 8. The summed E-state index contributed by atoms with van der Waals surface area (Å²) < 4.78 is 61.9. The summed E-state index contributed by atoms with van der Waals surface area (Å²) in [5.41, 5.74) is -1.27. The van der Waals surface area contributed by atoms with E-state index in [9.17, 15) is 22.8 Å². The van der Waals surface area contributed by atoms with Gasteiger partial charge in [-0.05, 0) is 51.9 Å². The standard InChI is InChI=1S/C27H35F4N7O3/c1-15(39)33-20-6-4-5-7-21(20)35-24-18(27(29,30)31)14-32-26(37-24)36-22-13-19(28)17(12-23(22)41-3)25(40)34-16-8-10-38(2)11-9-16/h12-14,16,20-21H,4-11H2,1-3H3,(H,33,39)(H,34,40)(H2,32,35,36,37)/t20-,21-/m1/s1. The summed E-state index contributed by atoms with van der Waals surface area (Å²) in [6, 6.07) is 1.32. The lowest BCUT2D eigenvalue weighted by atomic mass is 9.90. The van der Waals surface area contributed by atoms with Gasteiger partial charge in [0.2, 0.25) is 11.9 Å². The molecule has 0 bridgehead atoms. The molecule has 41 heavy (non-hydrogen) atoms. The van der Waals surface area contributed by atoms with Crippen molar-refractivity contribution in [2.75, 3.05) is 37.9 Å². The van der Waals surface area contributed by atoms with Crippen LogP contribution in [0.25, 0.3) is 0 Å². The number of methoxy groups -OCH3 is 1. The maximum Gasteiger partial charge on any atom is 0.421 e. The molecule has 2 heterocycles. The topological polar surface area (TPSA) is 121 Å². The lowest BCUT2D eigenvalue weighted by molar-refractivity contribution is -0.137. The highest BCUT2D eigenvalue weighted by molar-refractivity contribution is 5.96. The summed E-state index contributed by atoms with van der Waals surface area (Å²) in [5, 5.41) is 11.2. The molecule has 1 aliphatic heterocycles. The normalized spacial score (nSPS) is 20.3. The molecular weight excluding hydrogens is 546 g/mol. The van der Waals surface area contributed by atoms with Gasteiger partial charge >= 0.3 is 6.18 Å². The first-order chi connectivity index (χ1) is 19.4. The molecule has 2 aromatic rings. The van der Waals surface area contributed by atoms with Crippen molar-refractivity contribution in [3.63, 3.8) is 0 Å². The SMILES string of the molecule is COc1cc(C(=O)NC2CCN(C)CC2)c(F)cc1Nc1ncc(C(F)(F)F)c(N[C@@H]2CCCC[C@H]2NC(C)=O)n1. The number of rotatable bonds is 8. The zero-order valence-corrected chi connectivity index (χ0v) is 23.2. The number of anilines is 3. The molecule has 4 rings (SSSR count). The Morgan fingerprint density at radius 2 is 1.73 bits per heavy atom. The number of hydrogen-bond donors (Lipinski definition) is 4. The third-order valence-corrected chi connectivity index (χ3v) is 7.40. The second-order valence-corrected chi connectivity index (χ2v) is 10.5. The monoisotopic (exact) mass is 581 g/mol. The van der Waals surface area contributed by atoms with Crippen LogP contribution in [0.5, 0.6) is 5.75 Å². The molecule has 1 aliphatic carbocycles. The number of likely N-dealkylation sites (tertiary alicyclic amines) is 1. The van der Waals surface area contributed by atoms with Crippen molar-refractivity contribution in [1.29, 1.82) is 0 Å². The molecule has 2 amide bonds. The Balaban J connectivity index is 1.57. The van der Waals surface area contributed by atoms with Gasteiger partial charge in [-0.3, -0.25) is 9.59 Å². The van der Waals surface area contributed by atoms with Gasteiger partial charge in [0.05, 0.1) is 18.4 Å². The highest BCUT2D eigenvalue weighted by Crippen LogP contribution is 2.36. The van der Waals surface area contributed by atoms with E-state index in [4.69, 9.17) is 4.74 Å². The van der Waals surface area contributed by atoms with Crippen LogP contribution in [0.15, 0.2) is 18.3 Å². The largest absolute Gasteiger partial charge is 0.495 e. The lowest BCUT2D eigenvalue weighted by Crippen LogP contribution is -2.48. The van der Waals surface area contributed by atoms with Gasteiger partial charge in [-0.15, -0.1) is 0 Å². The van der Waals surface area contributed by atoms with E-state index in [1.807, 2.05) is 7.05 Å². The van der Waals surface area contributed by atoms with Gasteiger partial charge in [-0.1, -0.05) is 12.8 Å². The number of alkyl halides is 3. The van der Waals surface area contributed by atoms with Crippen molar-refractivity contribution >= 4 is 29.3 Å². The third-order valence-electron chi connectivity index (χ3n) is 7.40. The van der Waals surface area contributed by atoms with Gasteiger partial charge in [-0.2, -0.15) is 18.2 Å². The molecule has 0 spiro atoms. The van der Waals surface area contributed by atoms with Crippen molar-refractivity contribution < 1.29 is 31.9 Å². The van der Waals surface area contributed by atoms with E-state index in [0.29, 0.717) is 19.0 Å². The van der Waals surface area contributed by atoms with E-state index >= 15 is 4.39 Å². The smallest absolute Gasteiger partial charge is 0.421 e. The van der Waals surface area contributed by atoms with Crippen LogP contribution in [0, 0.1) is 5.82 Å². The lowest BCUT2D eigenvalue weighted by Gasteiger charge is -2.33. The Labute approximate surface area is 235 Å². The number of carbonyl (C=O) groups is 2. The molecule has 2 fully saturated rings. The van der Waals surface area contributed by atoms with Crippen molar-refractivity contribution in [3.05, 3.63) is 35.3 Å². The molecule has 2 atom stereocenters. The molecule has 14 heteroatoms. The second kappa shape index (κ2) is 12.9. The number of halogens is 4. The molecule has 2 aliphatic rings. The highest BCUT2D eigenvalue weighted by Gasteiger charge is 2.37. The summed E-state index contributed by atoms with van der Waals surface area (Å²) >= 11 is 0. The molecule has 224 valence electrons. The maximum absolute atomic E-state index is 15.1. The Kier molecular flexibility index (Phi) is 9.51. The van der Waals surface area contributed by atoms with Crippen LogP contribution < -0.4 is 26.0 Å². The average Bonchev–Trinajstić information content (AvgIpc) is 2.90. The number of piperidine rings is 1. The van der Waals surface area contributed by atoms with E-state index in [-0.39, 0.29) is 40.9 Å². The van der Waals surface area contributed by atoms with Gasteiger partial charge in [0.25, 0.3) is 5.91 Å². The van der Waals surface area contributed by atoms with Gasteiger partial charge < -0.3 is 30.9 Å². The van der Waals surface area contributed by atoms with Crippen LogP contribution >= 0.6 is 0 Å². The van der Waals surface area contributed by atoms with Crippen LogP contribution in [-0.4, -0.2) is 72.1 Å². The van der Waals surface area contributed by atoms with E-state index in [1.54, 1.807) is 0 Å². The van der Waals surface area contributed by atoms with Gasteiger partial charge in [-0.25, -0.2) is 9.37 Å². The van der Waals surface area contributed by atoms with Gasteiger partial charge in [0, 0.05) is 37.3 Å². The summed E-state index contributed by atoms with van der Waals surface area (Å²) in [4.78, 5) is 34.4. The Morgan fingerprint density at radius 3 is 2.37 bits per heavy atom. The minimum absolute atomic E-state index is 0.0281. The molecule has 10 nitrogen and oxygen atoms in total. The maximum atomic E-state index is 15.1. The fraction of sp³-hybridized carbons (Fsp3) is 0.556. The molecule has 1 aromatic heterocycles. The minimum Gasteiger partial charge on any atom is -0.495 e. The fourth-order valence-electron chi connectivity index (χ4n) is 5.20. The predicted molar refractivity (Wildman–Crippen MR) is 145 cm³/mol. The molecular formula is C27H35F4N7O3. The summed E-state index contributed by atoms with van der Waals surface area (Å²) in [6.07, 6.45) is 0.149. The first-order valence-corrected chi connectivity index (χ1v) is 13.6. The van der Waals surface area contributed by atoms with Crippen LogP contribution in [0.3, 0.4) is 0 Å². The van der Waals surface area contributed by atoms with Crippen molar-refractivity contribution in [1.82, 2.24) is 25.5 Å². The third kappa shape index (κ3) is 7.75. The van der Waals surface area contributed by atoms with Crippen LogP contribution in [-0.2, 0) is 11.0 Å². The molecule has 1 saturated carbocycles. The first-order valence-electron chi connectivity index (χ1n) is 13.6. The number of nitrogens with zero attached hydrogens (tertiary/aromatic N) is 3. The Bertz CT molecular complexity index is 1250. The van der Waals surface area contributed by atoms with Crippen LogP contribution in [0.4, 0.5) is 35.0 Å². The Morgan fingerprint density at radius 1 is 1.05 bits per heavy atom. The van der Waals surface area contributed by atoms with Crippen LogP contribution in [0.1, 0.15) is 61.4 Å². The van der Waals surface area contributed by atoms with E-state index in [1.165, 1.54) is 20.1 Å². The summed E-state index contributed by atoms with van der Waals surface area (Å²) in [6.45, 7) is 2.99. The molecule has 1 saturated heterocycles. The van der Waals surface area contributed by atoms with E-state index in [2.05, 4.69) is 36.1 Å². The number of carbonyl (C=O) groups excluding carboxylic acids is 2. The second-order valence-electron chi connectivity index (χ2n) is 10.5. The van der Waals surface area contributed by atoms with E-state index in [0.717, 1.165) is 44.8 Å². The highest BCUT2D eigenvalue weighted by atomic mass is 19.4. The number of benzene rings is 1. The predicted octanol–water partition coefficient (Wildman–Crippen LogP) is 4.07. The van der Waals surface area contributed by atoms with Gasteiger partial charge in [0.1, 0.15) is 22.9 Å². The number of ether oxygens (including phenoxy) is 1. The van der Waals surface area contributed by atoms with Crippen molar-refractivity contribution in [2.45, 2.75) is 69.8 Å². The molecule has 1 aromatic carbocycles. The zero-order valence-electron chi connectivity index (χ0n) is 23.2. The van der Waals surface area contributed by atoms with E-state index < -0.39 is 35.3 Å². The molecule has 4 N–H and O–H groups in total. The zero-order chi connectivity index (χ0) is 29.7. The quantitative estimate of drug-likeness (QED) is 0.345. The van der Waals surface area contributed by atoms with Crippen molar-refractivity contribution in [3.8, 4) is 5.75 Å². The number of aromatic nitrogens is 2. The van der Waals surface area contributed by atoms with Gasteiger partial charge in [0.15, 0.2) is 0 Å². The number of nitrogens with one attached hydrogen (secondary N) is 4. The average molecular weight is 582 g/mol. The Hall–Kier alpha value is -3.68. The fourth-order valence-corrected chi connectivity index (χ4v) is 5.20.